The van der Waals surface area contributed by atoms with Gasteiger partial charge in [-0.3, -0.25) is 14.4 Å². The number of ether oxygens (including phenoxy) is 2. The van der Waals surface area contributed by atoms with Crippen molar-refractivity contribution in [3.8, 4) is 11.5 Å². The minimum atomic E-state index is -0.536. The molecule has 0 aromatic heterocycles. The molecule has 0 heterocycles. The summed E-state index contributed by atoms with van der Waals surface area (Å²) in [5, 5.41) is 10.3. The number of benzene rings is 5. The lowest BCUT2D eigenvalue weighted by molar-refractivity contribution is -0.115. The van der Waals surface area contributed by atoms with Crippen LogP contribution in [0.4, 0.5) is 11.4 Å². The second-order valence-electron chi connectivity index (χ2n) is 10.3. The van der Waals surface area contributed by atoms with E-state index in [1.54, 1.807) is 79.9 Å². The Hall–Kier alpha value is -5.54. The maximum Gasteiger partial charge on any atom is 0.272 e. The van der Waals surface area contributed by atoms with Crippen LogP contribution in [0.3, 0.4) is 0 Å². The lowest BCUT2D eigenvalue weighted by atomic mass is 10.1. The highest BCUT2D eigenvalue weighted by Crippen LogP contribution is 2.29. The number of anilines is 2. The normalized spacial score (nSPS) is 11.8. The number of rotatable bonds is 11. The molecular weight excluding hydrogens is 598 g/mol. The third-order valence-electron chi connectivity index (χ3n) is 7.06. The monoisotopic (exact) mass is 631 g/mol. The maximum absolute atomic E-state index is 13.6. The van der Waals surface area contributed by atoms with Crippen LogP contribution in [0.15, 0.2) is 126 Å². The highest BCUT2D eigenvalue weighted by atomic mass is 32.2. The highest BCUT2D eigenvalue weighted by Gasteiger charge is 2.18. The highest BCUT2D eigenvalue weighted by molar-refractivity contribution is 8.00. The van der Waals surface area contributed by atoms with E-state index >= 15 is 0 Å². The molecule has 9 heteroatoms. The van der Waals surface area contributed by atoms with Crippen LogP contribution in [-0.2, 0) is 9.59 Å². The van der Waals surface area contributed by atoms with E-state index in [1.165, 1.54) is 18.9 Å². The van der Waals surface area contributed by atoms with Crippen LogP contribution in [0.25, 0.3) is 16.8 Å². The van der Waals surface area contributed by atoms with E-state index in [-0.39, 0.29) is 11.6 Å². The Kier molecular flexibility index (Phi) is 10.4. The van der Waals surface area contributed by atoms with E-state index in [0.717, 1.165) is 21.4 Å². The van der Waals surface area contributed by atoms with Crippen LogP contribution in [0.5, 0.6) is 11.5 Å². The van der Waals surface area contributed by atoms with Gasteiger partial charge in [0, 0.05) is 33.5 Å². The van der Waals surface area contributed by atoms with E-state index in [1.807, 2.05) is 55.5 Å². The van der Waals surface area contributed by atoms with Gasteiger partial charge in [0.15, 0.2) is 0 Å². The summed E-state index contributed by atoms with van der Waals surface area (Å²) in [7, 11) is 3.06. The molecule has 232 valence electrons. The fourth-order valence-electron chi connectivity index (χ4n) is 4.65. The lowest BCUT2D eigenvalue weighted by Crippen LogP contribution is -2.30. The van der Waals surface area contributed by atoms with Crippen molar-refractivity contribution >= 4 is 57.7 Å². The molecule has 0 radical (unpaired) electrons. The average molecular weight is 632 g/mol. The molecule has 3 amide bonds. The summed E-state index contributed by atoms with van der Waals surface area (Å²) in [6.07, 6.45) is 1.55. The quantitative estimate of drug-likeness (QED) is 0.104. The van der Waals surface area contributed by atoms with Gasteiger partial charge in [-0.2, -0.15) is 0 Å². The van der Waals surface area contributed by atoms with Crippen LogP contribution in [-0.4, -0.2) is 37.2 Å². The van der Waals surface area contributed by atoms with Crippen molar-refractivity contribution in [2.45, 2.75) is 17.1 Å². The first kappa shape index (κ1) is 31.9. The van der Waals surface area contributed by atoms with E-state index in [4.69, 9.17) is 9.47 Å². The van der Waals surface area contributed by atoms with E-state index in [9.17, 15) is 14.4 Å². The number of carbonyl (C=O) groups is 3. The molecule has 1 atom stereocenters. The molecule has 46 heavy (non-hydrogen) atoms. The van der Waals surface area contributed by atoms with Crippen molar-refractivity contribution in [3.63, 3.8) is 0 Å². The Labute approximate surface area is 271 Å². The second-order valence-corrected chi connectivity index (χ2v) is 11.7. The number of hydrogen-bond acceptors (Lipinski definition) is 6. The molecule has 0 aliphatic heterocycles. The summed E-state index contributed by atoms with van der Waals surface area (Å²) in [6, 6.07) is 34.8. The molecule has 5 aromatic carbocycles. The van der Waals surface area contributed by atoms with Crippen LogP contribution >= 0.6 is 11.8 Å². The van der Waals surface area contributed by atoms with Crippen LogP contribution in [0.2, 0.25) is 0 Å². The zero-order valence-corrected chi connectivity index (χ0v) is 26.4. The SMILES string of the molecule is COc1ccc(/C=C(/NC(=O)c2ccccc2)C(=O)Nc2cccc(SC(C)C(=O)Nc3ccc4ccccc4c3)c2)c(OC)c1. The fourth-order valence-corrected chi connectivity index (χ4v) is 5.58. The fraction of sp³-hybridized carbons (Fsp3) is 0.108. The zero-order chi connectivity index (χ0) is 32.5. The number of amides is 3. The molecule has 0 aliphatic carbocycles. The first-order chi connectivity index (χ1) is 22.3. The zero-order valence-electron chi connectivity index (χ0n) is 25.6. The number of fused-ring (bicyclic) bond motifs is 1. The lowest BCUT2D eigenvalue weighted by Gasteiger charge is -2.15. The first-order valence-electron chi connectivity index (χ1n) is 14.5. The smallest absolute Gasteiger partial charge is 0.272 e. The third-order valence-corrected chi connectivity index (χ3v) is 8.15. The van der Waals surface area contributed by atoms with Crippen LogP contribution in [0, 0.1) is 0 Å². The summed E-state index contributed by atoms with van der Waals surface area (Å²) < 4.78 is 10.8. The van der Waals surface area contributed by atoms with Crippen molar-refractivity contribution in [2.75, 3.05) is 24.9 Å². The molecule has 1 unspecified atom stereocenters. The van der Waals surface area contributed by atoms with E-state index in [2.05, 4.69) is 16.0 Å². The predicted molar refractivity (Wildman–Crippen MR) is 184 cm³/mol. The van der Waals surface area contributed by atoms with Gasteiger partial charge in [0.2, 0.25) is 5.91 Å². The number of thioether (sulfide) groups is 1. The molecule has 0 spiro atoms. The van der Waals surface area contributed by atoms with Crippen molar-refractivity contribution < 1.29 is 23.9 Å². The molecule has 0 fully saturated rings. The Morgan fingerprint density at radius 3 is 2.22 bits per heavy atom. The molecular formula is C37H33N3O5S. The van der Waals surface area contributed by atoms with Crippen LogP contribution in [0.1, 0.15) is 22.8 Å². The van der Waals surface area contributed by atoms with Crippen molar-refractivity contribution in [1.82, 2.24) is 5.32 Å². The van der Waals surface area contributed by atoms with Gasteiger partial charge in [-0.1, -0.05) is 54.6 Å². The van der Waals surface area contributed by atoms with Gasteiger partial charge >= 0.3 is 0 Å². The van der Waals surface area contributed by atoms with Gasteiger partial charge in [0.05, 0.1) is 19.5 Å². The molecule has 0 bridgehead atoms. The minimum absolute atomic E-state index is 0.0125. The van der Waals surface area contributed by atoms with Crippen molar-refractivity contribution in [3.05, 3.63) is 132 Å². The maximum atomic E-state index is 13.6. The molecule has 5 rings (SSSR count). The second kappa shape index (κ2) is 15.0. The van der Waals surface area contributed by atoms with Crippen molar-refractivity contribution in [1.29, 1.82) is 0 Å². The van der Waals surface area contributed by atoms with Gasteiger partial charge < -0.3 is 25.4 Å². The largest absolute Gasteiger partial charge is 0.497 e. The number of hydrogen-bond donors (Lipinski definition) is 3. The summed E-state index contributed by atoms with van der Waals surface area (Å²) in [5.41, 5.74) is 2.20. The molecule has 5 aromatic rings. The van der Waals surface area contributed by atoms with E-state index < -0.39 is 17.1 Å². The number of carbonyl (C=O) groups excluding carboxylic acids is 3. The molecule has 0 aliphatic rings. The van der Waals surface area contributed by atoms with Gasteiger partial charge in [0.1, 0.15) is 17.2 Å². The van der Waals surface area contributed by atoms with E-state index in [0.29, 0.717) is 28.3 Å². The summed E-state index contributed by atoms with van der Waals surface area (Å²) >= 11 is 1.37. The Morgan fingerprint density at radius 2 is 1.46 bits per heavy atom. The Morgan fingerprint density at radius 1 is 0.717 bits per heavy atom. The third kappa shape index (κ3) is 8.13. The Balaban J connectivity index is 1.31. The predicted octanol–water partition coefficient (Wildman–Crippen LogP) is 7.39. The topological polar surface area (TPSA) is 106 Å². The minimum Gasteiger partial charge on any atom is -0.497 e. The summed E-state index contributed by atoms with van der Waals surface area (Å²) in [5.74, 6) is -0.0655. The van der Waals surface area contributed by atoms with Crippen LogP contribution < -0.4 is 25.4 Å². The molecule has 8 nitrogen and oxygen atoms in total. The first-order valence-corrected chi connectivity index (χ1v) is 15.4. The standard InChI is InChI=1S/C37H33N3O5S/c1-24(35(41)38-30-18-16-25-10-7-8-13-27(25)20-30)46-32-15-9-14-29(22-32)39-37(43)33(40-36(42)26-11-5-4-6-12-26)21-28-17-19-31(44-2)23-34(28)45-3/h4-24H,1-3H3,(H,38,41)(H,39,43)(H,40,42)/b33-21+. The Bertz CT molecular complexity index is 1910. The van der Waals surface area contributed by atoms with Gasteiger partial charge in [-0.15, -0.1) is 11.8 Å². The van der Waals surface area contributed by atoms with Gasteiger partial charge in [-0.25, -0.2) is 0 Å². The summed E-state index contributed by atoms with van der Waals surface area (Å²) in [6.45, 7) is 1.83. The number of nitrogens with one attached hydrogen (secondary N) is 3. The molecule has 0 saturated carbocycles. The summed E-state index contributed by atoms with van der Waals surface area (Å²) in [4.78, 5) is 40.5. The van der Waals surface area contributed by atoms with Gasteiger partial charge in [-0.05, 0) is 78.4 Å². The van der Waals surface area contributed by atoms with Crippen molar-refractivity contribution in [2.24, 2.45) is 0 Å². The average Bonchev–Trinajstić information content (AvgIpc) is 3.08. The number of methoxy groups -OCH3 is 2. The molecule has 0 saturated heterocycles. The van der Waals surface area contributed by atoms with Gasteiger partial charge in [0.25, 0.3) is 11.8 Å². The molecule has 3 N–H and O–H groups in total.